The molecular weight excluding hydrogens is 412 g/mol. The standard InChI is InChI=1S/C16H13ClN2OS.C4H10N2O2/c17-14-8-11-7-13(19-16(11)21-14)15(20)18-12-5-9-3-1-2-4-10(9)6-12;1-6-4(8)3(5)2-7/h1-4,7-8,12,19H,5-6H2,(H,18,20);3,7H,2,5H2,1H3,(H,6,8). The van der Waals surface area contributed by atoms with Crippen LogP contribution in [0.3, 0.4) is 0 Å². The molecular formula is C20H23ClN4O3S. The number of H-pyrrole nitrogens is 1. The number of aromatic amines is 1. The Balaban J connectivity index is 0.000000258. The maximum Gasteiger partial charge on any atom is 0.267 e. The van der Waals surface area contributed by atoms with Gasteiger partial charge in [-0.05, 0) is 36.1 Å². The third-order valence-electron chi connectivity index (χ3n) is 4.69. The number of aliphatic hydroxyl groups excluding tert-OH is 1. The smallest absolute Gasteiger partial charge is 0.267 e. The number of fused-ring (bicyclic) bond motifs is 2. The largest absolute Gasteiger partial charge is 0.394 e. The van der Waals surface area contributed by atoms with Crippen molar-refractivity contribution in [2.24, 2.45) is 5.73 Å². The summed E-state index contributed by atoms with van der Waals surface area (Å²) in [5.41, 5.74) is 8.34. The summed E-state index contributed by atoms with van der Waals surface area (Å²) in [6.45, 7) is -0.306. The molecule has 9 heteroatoms. The summed E-state index contributed by atoms with van der Waals surface area (Å²) in [7, 11) is 1.47. The fourth-order valence-corrected chi connectivity index (χ4v) is 4.33. The van der Waals surface area contributed by atoms with Crippen molar-refractivity contribution in [1.29, 1.82) is 0 Å². The van der Waals surface area contributed by atoms with Crippen molar-refractivity contribution in [3.8, 4) is 0 Å². The molecule has 3 aromatic rings. The van der Waals surface area contributed by atoms with Crippen molar-refractivity contribution in [2.75, 3.05) is 13.7 Å². The molecule has 0 bridgehead atoms. The number of amides is 2. The minimum atomic E-state index is -0.778. The van der Waals surface area contributed by atoms with E-state index in [0.717, 1.165) is 27.4 Å². The highest BCUT2D eigenvalue weighted by atomic mass is 35.5. The van der Waals surface area contributed by atoms with Crippen LogP contribution < -0.4 is 16.4 Å². The monoisotopic (exact) mass is 434 g/mol. The number of likely N-dealkylation sites (N-methyl/N-ethyl adjacent to an activating group) is 1. The summed E-state index contributed by atoms with van der Waals surface area (Å²) in [4.78, 5) is 26.8. The fraction of sp³-hybridized carbons (Fsp3) is 0.300. The zero-order valence-electron chi connectivity index (χ0n) is 15.9. The molecule has 154 valence electrons. The van der Waals surface area contributed by atoms with E-state index >= 15 is 0 Å². The highest BCUT2D eigenvalue weighted by Crippen LogP contribution is 2.29. The van der Waals surface area contributed by atoms with Crippen LogP contribution >= 0.6 is 22.9 Å². The number of hydrogen-bond acceptors (Lipinski definition) is 5. The van der Waals surface area contributed by atoms with Crippen LogP contribution in [0.25, 0.3) is 10.2 Å². The lowest BCUT2D eigenvalue weighted by atomic mass is 10.1. The highest BCUT2D eigenvalue weighted by molar-refractivity contribution is 7.22. The molecule has 0 saturated heterocycles. The van der Waals surface area contributed by atoms with Crippen LogP contribution in [-0.4, -0.2) is 47.6 Å². The lowest BCUT2D eigenvalue weighted by molar-refractivity contribution is -0.122. The van der Waals surface area contributed by atoms with Gasteiger partial charge in [-0.3, -0.25) is 9.59 Å². The van der Waals surface area contributed by atoms with E-state index in [4.69, 9.17) is 22.4 Å². The number of aliphatic hydroxyl groups is 1. The Morgan fingerprint density at radius 1 is 1.31 bits per heavy atom. The number of carbonyl (C=O) groups is 2. The second-order valence-electron chi connectivity index (χ2n) is 6.77. The summed E-state index contributed by atoms with van der Waals surface area (Å²) in [6, 6.07) is 11.5. The minimum absolute atomic E-state index is 0.0488. The van der Waals surface area contributed by atoms with Gasteiger partial charge in [0.1, 0.15) is 16.6 Å². The average Bonchev–Trinajstić information content (AvgIpc) is 3.38. The van der Waals surface area contributed by atoms with Gasteiger partial charge in [0.25, 0.3) is 5.91 Å². The van der Waals surface area contributed by atoms with Crippen molar-refractivity contribution in [2.45, 2.75) is 24.9 Å². The van der Waals surface area contributed by atoms with Gasteiger partial charge in [-0.1, -0.05) is 35.9 Å². The van der Waals surface area contributed by atoms with Crippen LogP contribution in [0.4, 0.5) is 0 Å². The fourth-order valence-electron chi connectivity index (χ4n) is 3.21. The molecule has 4 rings (SSSR count). The number of nitrogens with one attached hydrogen (secondary N) is 3. The molecule has 0 fully saturated rings. The maximum absolute atomic E-state index is 12.3. The van der Waals surface area contributed by atoms with Gasteiger partial charge in [-0.2, -0.15) is 0 Å². The third-order valence-corrected chi connectivity index (χ3v) is 5.88. The molecule has 1 aromatic carbocycles. The first kappa shape index (κ1) is 21.3. The van der Waals surface area contributed by atoms with Gasteiger partial charge in [-0.15, -0.1) is 11.3 Å². The number of aromatic nitrogens is 1. The maximum atomic E-state index is 12.3. The summed E-state index contributed by atoms with van der Waals surface area (Å²) in [5.74, 6) is -0.389. The van der Waals surface area contributed by atoms with E-state index in [1.54, 1.807) is 0 Å². The predicted octanol–water partition coefficient (Wildman–Crippen LogP) is 1.83. The Labute approximate surface area is 177 Å². The summed E-state index contributed by atoms with van der Waals surface area (Å²) < 4.78 is 0.731. The average molecular weight is 435 g/mol. The molecule has 29 heavy (non-hydrogen) atoms. The van der Waals surface area contributed by atoms with Crippen molar-refractivity contribution in [1.82, 2.24) is 15.6 Å². The van der Waals surface area contributed by atoms with Crippen molar-refractivity contribution in [3.05, 3.63) is 57.6 Å². The number of halogens is 1. The number of nitrogens with two attached hydrogens (primary N) is 1. The number of carbonyl (C=O) groups excluding carboxylic acids is 2. The number of thiophene rings is 1. The first-order valence-corrected chi connectivity index (χ1v) is 10.3. The van der Waals surface area contributed by atoms with E-state index < -0.39 is 6.04 Å². The molecule has 1 aliphatic carbocycles. The molecule has 7 nitrogen and oxygen atoms in total. The van der Waals surface area contributed by atoms with E-state index in [2.05, 4.69) is 27.8 Å². The minimum Gasteiger partial charge on any atom is -0.394 e. The van der Waals surface area contributed by atoms with Gasteiger partial charge in [0.05, 0.1) is 10.9 Å². The van der Waals surface area contributed by atoms with Crippen molar-refractivity contribution >= 4 is 45.0 Å². The Bertz CT molecular complexity index is 960. The molecule has 6 N–H and O–H groups in total. The molecule has 0 radical (unpaired) electrons. The van der Waals surface area contributed by atoms with Gasteiger partial charge in [0, 0.05) is 18.5 Å². The normalized spacial score (nSPS) is 14.1. The second kappa shape index (κ2) is 9.41. The number of rotatable bonds is 4. The van der Waals surface area contributed by atoms with E-state index in [9.17, 15) is 9.59 Å². The van der Waals surface area contributed by atoms with Crippen LogP contribution in [-0.2, 0) is 17.6 Å². The first-order valence-electron chi connectivity index (χ1n) is 9.15. The first-order chi connectivity index (χ1) is 13.9. The highest BCUT2D eigenvalue weighted by Gasteiger charge is 2.23. The van der Waals surface area contributed by atoms with Crippen LogP contribution in [0, 0.1) is 0 Å². The van der Waals surface area contributed by atoms with Crippen LogP contribution in [0.15, 0.2) is 36.4 Å². The molecule has 2 amide bonds. The summed E-state index contributed by atoms with van der Waals surface area (Å²) in [5, 5.41) is 14.6. The van der Waals surface area contributed by atoms with E-state index in [0.29, 0.717) is 5.69 Å². The van der Waals surface area contributed by atoms with Crippen molar-refractivity contribution < 1.29 is 14.7 Å². The molecule has 0 spiro atoms. The third kappa shape index (κ3) is 5.16. The van der Waals surface area contributed by atoms with Crippen LogP contribution in [0.5, 0.6) is 0 Å². The van der Waals surface area contributed by atoms with Gasteiger partial charge in [0.15, 0.2) is 0 Å². The zero-order valence-corrected chi connectivity index (χ0v) is 17.4. The van der Waals surface area contributed by atoms with Gasteiger partial charge in [-0.25, -0.2) is 0 Å². The lowest BCUT2D eigenvalue weighted by Gasteiger charge is -2.10. The topological polar surface area (TPSA) is 120 Å². The van der Waals surface area contributed by atoms with E-state index in [-0.39, 0.29) is 24.5 Å². The van der Waals surface area contributed by atoms with Crippen LogP contribution in [0.1, 0.15) is 21.6 Å². The van der Waals surface area contributed by atoms with E-state index in [1.807, 2.05) is 24.3 Å². The summed E-state index contributed by atoms with van der Waals surface area (Å²) in [6.07, 6.45) is 1.81. The van der Waals surface area contributed by atoms with Gasteiger partial charge < -0.3 is 26.5 Å². The Morgan fingerprint density at radius 2 is 1.97 bits per heavy atom. The zero-order chi connectivity index (χ0) is 21.0. The van der Waals surface area contributed by atoms with E-state index in [1.165, 1.54) is 29.5 Å². The van der Waals surface area contributed by atoms with Gasteiger partial charge >= 0.3 is 0 Å². The molecule has 0 aliphatic heterocycles. The molecule has 1 aliphatic rings. The molecule has 2 heterocycles. The predicted molar refractivity (Wildman–Crippen MR) is 115 cm³/mol. The SMILES string of the molecule is CNC(=O)C(N)CO.O=C(NC1Cc2ccccc2C1)c1cc2cc(Cl)sc2[nH]1. The molecule has 1 atom stereocenters. The molecule has 1 unspecified atom stereocenters. The van der Waals surface area contributed by atoms with Gasteiger partial charge in [0.2, 0.25) is 5.91 Å². The molecule has 0 saturated carbocycles. The Morgan fingerprint density at radius 3 is 2.48 bits per heavy atom. The molecule has 2 aromatic heterocycles. The quantitative estimate of drug-likeness (QED) is 0.430. The Hall–Kier alpha value is -2.39. The summed E-state index contributed by atoms with van der Waals surface area (Å²) >= 11 is 7.40. The number of benzene rings is 1. The Kier molecular flexibility index (Phi) is 6.92. The lowest BCUT2D eigenvalue weighted by Crippen LogP contribution is -2.41. The number of hydrogen-bond donors (Lipinski definition) is 5. The second-order valence-corrected chi connectivity index (χ2v) is 8.45. The van der Waals surface area contributed by atoms with Crippen molar-refractivity contribution in [3.63, 3.8) is 0 Å². The van der Waals surface area contributed by atoms with Crippen LogP contribution in [0.2, 0.25) is 4.34 Å².